The first-order valence-electron chi connectivity index (χ1n) is 7.04. The molecule has 1 atom stereocenters. The Labute approximate surface area is 134 Å². The Kier molecular flexibility index (Phi) is 6.17. The first-order valence-corrected chi connectivity index (χ1v) is 8.80. The minimum absolute atomic E-state index is 0.0573. The van der Waals surface area contributed by atoms with Gasteiger partial charge < -0.3 is 10.4 Å². The first-order chi connectivity index (χ1) is 10.2. The number of hydrogen-bond acceptors (Lipinski definition) is 6. The number of rotatable bonds is 8. The molecule has 2 rings (SSSR count). The van der Waals surface area contributed by atoms with Gasteiger partial charge in [-0.25, -0.2) is 4.98 Å². The molecule has 0 aliphatic heterocycles. The van der Waals surface area contributed by atoms with Crippen molar-refractivity contribution < 1.29 is 5.11 Å². The zero-order chi connectivity index (χ0) is 15.1. The lowest BCUT2D eigenvalue weighted by molar-refractivity contribution is 0.179. The molecule has 114 valence electrons. The van der Waals surface area contributed by atoms with Gasteiger partial charge in [0.2, 0.25) is 0 Å². The predicted molar refractivity (Wildman–Crippen MR) is 88.9 cm³/mol. The number of benzene rings is 1. The highest BCUT2D eigenvalue weighted by Crippen LogP contribution is 2.30. The van der Waals surface area contributed by atoms with Crippen LogP contribution in [0, 0.1) is 6.92 Å². The summed E-state index contributed by atoms with van der Waals surface area (Å²) < 4.78 is 5.15. The molecular weight excluding hydrogens is 302 g/mol. The van der Waals surface area contributed by atoms with Crippen LogP contribution in [0.25, 0.3) is 0 Å². The van der Waals surface area contributed by atoms with Crippen LogP contribution in [0.3, 0.4) is 0 Å². The van der Waals surface area contributed by atoms with Crippen molar-refractivity contribution in [1.82, 2.24) is 14.7 Å². The average Bonchev–Trinajstić information content (AvgIpc) is 2.95. The van der Waals surface area contributed by atoms with E-state index in [0.29, 0.717) is 0 Å². The van der Waals surface area contributed by atoms with Crippen molar-refractivity contribution in [3.63, 3.8) is 0 Å². The van der Waals surface area contributed by atoms with Gasteiger partial charge >= 0.3 is 0 Å². The molecule has 0 amide bonds. The molecule has 0 aliphatic carbocycles. The molecule has 0 bridgehead atoms. The van der Waals surface area contributed by atoms with E-state index in [0.717, 1.165) is 34.4 Å². The van der Waals surface area contributed by atoms with E-state index in [9.17, 15) is 5.11 Å². The third-order valence-electron chi connectivity index (χ3n) is 3.26. The van der Waals surface area contributed by atoms with E-state index in [-0.39, 0.29) is 6.61 Å². The molecule has 2 aromatic rings. The van der Waals surface area contributed by atoms with Crippen molar-refractivity contribution in [3.8, 4) is 0 Å². The number of nitrogens with one attached hydrogen (secondary N) is 1. The summed E-state index contributed by atoms with van der Waals surface area (Å²) in [6, 6.07) is 10.1. The van der Waals surface area contributed by atoms with Crippen LogP contribution in [-0.4, -0.2) is 33.4 Å². The molecule has 21 heavy (non-hydrogen) atoms. The summed E-state index contributed by atoms with van der Waals surface area (Å²) in [5.74, 6) is 1.53. The Balaban J connectivity index is 2.18. The van der Waals surface area contributed by atoms with Gasteiger partial charge in [-0.15, -0.1) is 0 Å². The van der Waals surface area contributed by atoms with E-state index < -0.39 is 5.54 Å². The Morgan fingerprint density at radius 3 is 2.67 bits per heavy atom. The highest BCUT2D eigenvalue weighted by atomic mass is 32.2. The van der Waals surface area contributed by atoms with Gasteiger partial charge in [0.05, 0.1) is 12.1 Å². The molecule has 6 heteroatoms. The molecule has 0 saturated heterocycles. The summed E-state index contributed by atoms with van der Waals surface area (Å²) in [5, 5.41) is 13.5. The van der Waals surface area contributed by atoms with Crippen LogP contribution in [0.15, 0.2) is 34.7 Å². The number of aliphatic hydroxyl groups is 1. The van der Waals surface area contributed by atoms with Gasteiger partial charge in [-0.3, -0.25) is 0 Å². The van der Waals surface area contributed by atoms with Gasteiger partial charge in [0.1, 0.15) is 5.82 Å². The van der Waals surface area contributed by atoms with E-state index in [2.05, 4.69) is 33.7 Å². The maximum atomic E-state index is 10.0. The number of aryl methyl sites for hydroxylation is 1. The molecule has 0 spiro atoms. The van der Waals surface area contributed by atoms with E-state index in [1.807, 2.05) is 25.1 Å². The minimum atomic E-state index is -0.443. The van der Waals surface area contributed by atoms with Crippen LogP contribution in [0.2, 0.25) is 0 Å². The number of thioether (sulfide) groups is 1. The molecule has 0 fully saturated rings. The smallest absolute Gasteiger partial charge is 0.170 e. The molecule has 0 saturated carbocycles. The van der Waals surface area contributed by atoms with Crippen LogP contribution in [0.1, 0.15) is 24.7 Å². The van der Waals surface area contributed by atoms with E-state index in [1.165, 1.54) is 11.5 Å². The fourth-order valence-electron chi connectivity index (χ4n) is 2.07. The zero-order valence-electron chi connectivity index (χ0n) is 12.4. The molecule has 1 aromatic heterocycles. The monoisotopic (exact) mass is 323 g/mol. The summed E-state index contributed by atoms with van der Waals surface area (Å²) in [7, 11) is 0. The fourth-order valence-corrected chi connectivity index (χ4v) is 3.92. The van der Waals surface area contributed by atoms with Crippen molar-refractivity contribution in [2.75, 3.05) is 18.9 Å². The standard InChI is InChI=1S/C15H21N3OS2/c1-3-9-16-15(10-19,13-7-5-4-6-8-13)11-20-14-17-12(2)18-21-14/h4-8,16,19H,3,9-11H2,1-2H3. The molecule has 0 radical (unpaired) electrons. The van der Waals surface area contributed by atoms with E-state index in [1.54, 1.807) is 11.8 Å². The van der Waals surface area contributed by atoms with E-state index in [4.69, 9.17) is 0 Å². The maximum Gasteiger partial charge on any atom is 0.170 e. The molecule has 2 N–H and O–H groups in total. The fraction of sp³-hybridized carbons (Fsp3) is 0.467. The maximum absolute atomic E-state index is 10.0. The second-order valence-electron chi connectivity index (χ2n) is 4.93. The van der Waals surface area contributed by atoms with Crippen LogP contribution in [0.5, 0.6) is 0 Å². The van der Waals surface area contributed by atoms with Gasteiger partial charge in [0, 0.05) is 5.75 Å². The lowest BCUT2D eigenvalue weighted by Gasteiger charge is -2.33. The SMILES string of the molecule is CCCNC(CO)(CSc1nc(C)ns1)c1ccccc1. The average molecular weight is 323 g/mol. The van der Waals surface area contributed by atoms with Crippen molar-refractivity contribution in [3.05, 3.63) is 41.7 Å². The van der Waals surface area contributed by atoms with Crippen molar-refractivity contribution in [1.29, 1.82) is 0 Å². The Bertz CT molecular complexity index is 547. The van der Waals surface area contributed by atoms with Crippen LogP contribution < -0.4 is 5.32 Å². The molecule has 0 aliphatic rings. The number of nitrogens with zero attached hydrogens (tertiary/aromatic N) is 2. The van der Waals surface area contributed by atoms with Crippen molar-refractivity contribution in [2.24, 2.45) is 0 Å². The molecular formula is C15H21N3OS2. The third kappa shape index (κ3) is 4.26. The summed E-state index contributed by atoms with van der Waals surface area (Å²) >= 11 is 3.05. The third-order valence-corrected chi connectivity index (χ3v) is 5.42. The lowest BCUT2D eigenvalue weighted by atomic mass is 9.92. The number of aromatic nitrogens is 2. The van der Waals surface area contributed by atoms with Gasteiger partial charge in [-0.1, -0.05) is 49.0 Å². The highest BCUT2D eigenvalue weighted by molar-refractivity contribution is 8.01. The summed E-state index contributed by atoms with van der Waals surface area (Å²) in [6.45, 7) is 4.95. The quantitative estimate of drug-likeness (QED) is 0.732. The number of hydrogen-bond donors (Lipinski definition) is 2. The second kappa shape index (κ2) is 7.89. The molecule has 4 nitrogen and oxygen atoms in total. The highest BCUT2D eigenvalue weighted by Gasteiger charge is 2.31. The summed E-state index contributed by atoms with van der Waals surface area (Å²) in [4.78, 5) is 4.38. The van der Waals surface area contributed by atoms with Crippen molar-refractivity contribution >= 4 is 23.3 Å². The van der Waals surface area contributed by atoms with Gasteiger partial charge in [-0.2, -0.15) is 4.37 Å². The largest absolute Gasteiger partial charge is 0.394 e. The topological polar surface area (TPSA) is 58.0 Å². The second-order valence-corrected chi connectivity index (χ2v) is 6.90. The van der Waals surface area contributed by atoms with E-state index >= 15 is 0 Å². The van der Waals surface area contributed by atoms with Gasteiger partial charge in [0.15, 0.2) is 4.34 Å². The van der Waals surface area contributed by atoms with Crippen LogP contribution in [-0.2, 0) is 5.54 Å². The lowest BCUT2D eigenvalue weighted by Crippen LogP contribution is -2.48. The molecule has 1 heterocycles. The Morgan fingerprint density at radius 2 is 2.10 bits per heavy atom. The minimum Gasteiger partial charge on any atom is -0.394 e. The Hall–Kier alpha value is -0.950. The van der Waals surface area contributed by atoms with Crippen LogP contribution in [0.4, 0.5) is 0 Å². The molecule has 1 aromatic carbocycles. The first kappa shape index (κ1) is 16.4. The summed E-state index contributed by atoms with van der Waals surface area (Å²) in [6.07, 6.45) is 1.02. The summed E-state index contributed by atoms with van der Waals surface area (Å²) in [5.41, 5.74) is 0.663. The van der Waals surface area contributed by atoms with Gasteiger partial charge in [-0.05, 0) is 37.0 Å². The van der Waals surface area contributed by atoms with Gasteiger partial charge in [0.25, 0.3) is 0 Å². The zero-order valence-corrected chi connectivity index (χ0v) is 14.0. The van der Waals surface area contributed by atoms with Crippen LogP contribution >= 0.6 is 23.3 Å². The van der Waals surface area contributed by atoms with Crippen molar-refractivity contribution in [2.45, 2.75) is 30.1 Å². The predicted octanol–water partition coefficient (Wildman–Crippen LogP) is 2.83. The Morgan fingerprint density at radius 1 is 1.33 bits per heavy atom. The normalized spacial score (nSPS) is 14.0. The molecule has 1 unspecified atom stereocenters. The number of aliphatic hydroxyl groups excluding tert-OH is 1.